The van der Waals surface area contributed by atoms with E-state index in [2.05, 4.69) is 54.5 Å². The number of aliphatic carboxylic acids is 1. The molecule has 4 saturated carbocycles. The van der Waals surface area contributed by atoms with Crippen LogP contribution in [-0.4, -0.2) is 251 Å². The second-order valence-corrected chi connectivity index (χ2v) is 28.2. The van der Waals surface area contributed by atoms with E-state index in [-0.39, 0.29) is 39.4 Å². The van der Waals surface area contributed by atoms with E-state index in [1.54, 1.807) is 0 Å². The monoisotopic (exact) mass is 1200 g/mol. The van der Waals surface area contributed by atoms with Crippen molar-refractivity contribution in [3.05, 3.63) is 11.6 Å². The Morgan fingerprint density at radius 1 is 0.571 bits per heavy atom. The van der Waals surface area contributed by atoms with Gasteiger partial charge < -0.3 is 119 Å². The Balaban J connectivity index is 0.832. The smallest absolute Gasteiger partial charge is 0.335 e. The number of carboxylic acids is 1. The molecule has 26 nitrogen and oxygen atoms in total. The van der Waals surface area contributed by atoms with Crippen LogP contribution in [0.4, 0.5) is 0 Å². The number of allylic oxidation sites excluding steroid dienone is 2. The zero-order valence-corrected chi connectivity index (χ0v) is 49.0. The van der Waals surface area contributed by atoms with Crippen LogP contribution in [0.1, 0.15) is 120 Å². The number of esters is 1. The van der Waals surface area contributed by atoms with Crippen molar-refractivity contribution < 1.29 is 128 Å². The number of carboxylic acid groups (broad SMARTS) is 1. The summed E-state index contributed by atoms with van der Waals surface area (Å²) in [6.07, 6.45) is -29.9. The number of aliphatic hydroxyl groups excluding tert-OH is 13. The minimum atomic E-state index is -2.02. The summed E-state index contributed by atoms with van der Waals surface area (Å²) in [6.45, 7) is 15.5. The number of hydrogen-bond acceptors (Lipinski definition) is 25. The van der Waals surface area contributed by atoms with Crippen molar-refractivity contribution in [2.45, 2.75) is 267 Å². The van der Waals surface area contributed by atoms with Gasteiger partial charge in [-0.2, -0.15) is 0 Å². The molecule has 14 N–H and O–H groups in total. The van der Waals surface area contributed by atoms with E-state index in [1.165, 1.54) is 12.5 Å². The van der Waals surface area contributed by atoms with Crippen LogP contribution in [0.3, 0.4) is 0 Å². The summed E-state index contributed by atoms with van der Waals surface area (Å²) in [7, 11) is 0. The third-order valence-electron chi connectivity index (χ3n) is 22.7. The fourth-order valence-electron chi connectivity index (χ4n) is 17.4. The van der Waals surface area contributed by atoms with Gasteiger partial charge in [-0.05, 0) is 116 Å². The lowest BCUT2D eigenvalue weighted by atomic mass is 9.33. The van der Waals surface area contributed by atoms with Gasteiger partial charge in [0.1, 0.15) is 91.6 Å². The Morgan fingerprint density at radius 3 is 1.81 bits per heavy atom. The van der Waals surface area contributed by atoms with E-state index in [9.17, 15) is 76.3 Å². The molecule has 10 aliphatic rings. The zero-order valence-electron chi connectivity index (χ0n) is 49.0. The molecule has 0 spiro atoms. The average Bonchev–Trinajstić information content (AvgIpc) is 0.702. The molecule has 0 bridgehead atoms. The van der Waals surface area contributed by atoms with Crippen LogP contribution in [0.2, 0.25) is 0 Å². The predicted octanol–water partition coefficient (Wildman–Crippen LogP) is -1.81. The summed E-state index contributed by atoms with van der Waals surface area (Å²) in [5.74, 6) is -2.00. The first-order valence-electron chi connectivity index (χ1n) is 30.0. The molecule has 31 atom stereocenters. The van der Waals surface area contributed by atoms with Gasteiger partial charge in [0.25, 0.3) is 0 Å². The molecule has 5 aliphatic heterocycles. The minimum Gasteiger partial charge on any atom is -0.479 e. The molecular formula is C58H92O26. The first-order valence-corrected chi connectivity index (χ1v) is 30.0. The van der Waals surface area contributed by atoms with E-state index < -0.39 is 190 Å². The third-order valence-corrected chi connectivity index (χ3v) is 22.7. The van der Waals surface area contributed by atoms with Crippen molar-refractivity contribution in [2.24, 2.45) is 50.2 Å². The van der Waals surface area contributed by atoms with Gasteiger partial charge >= 0.3 is 11.9 Å². The van der Waals surface area contributed by atoms with Gasteiger partial charge in [-0.25, -0.2) is 4.79 Å². The number of hydrogen-bond donors (Lipinski definition) is 14. The molecule has 0 aromatic rings. The summed E-state index contributed by atoms with van der Waals surface area (Å²) < 4.78 is 59.0. The molecule has 84 heavy (non-hydrogen) atoms. The topological polar surface area (TPSA) is 410 Å². The second kappa shape index (κ2) is 23.6. The SMILES string of the molecule is C[C@@H]1O[C@@H](O[C@H]2[C@H](O)[C@@H](O)[C@H](O[C@H]3[C@H](OC(=O)[C@]45CCC(C)(C)C[C@H]4C4=CC[C@@H]6[C@@]7(C)CC[C@@H](O[C@@H]8O[C@H](C(=O)O)[C@@H](O)[C@H](O)[C@H]8O)C(C)(C)[C@@H]7CC[C@@]6(C)[C@]4(C)CC5)OC[C@H](O)[C@@H]3O)O[C@@H]2CO)[C@H](O)[C@H](O)[C@H]1O[C@@H]1OC[C@@H](O)[C@H](O)[C@H]1O. The summed E-state index contributed by atoms with van der Waals surface area (Å²) in [4.78, 5) is 27.3. The van der Waals surface area contributed by atoms with Crippen LogP contribution in [0.15, 0.2) is 11.6 Å². The van der Waals surface area contributed by atoms with Crippen molar-refractivity contribution in [3.63, 3.8) is 0 Å². The summed E-state index contributed by atoms with van der Waals surface area (Å²) in [5, 5.41) is 150. The highest BCUT2D eigenvalue weighted by atomic mass is 16.8. The lowest BCUT2D eigenvalue weighted by Gasteiger charge is -2.71. The van der Waals surface area contributed by atoms with Crippen molar-refractivity contribution in [2.75, 3.05) is 19.8 Å². The molecule has 9 fully saturated rings. The Kier molecular flexibility index (Phi) is 18.2. The quantitative estimate of drug-likeness (QED) is 0.0582. The third kappa shape index (κ3) is 10.7. The molecule has 5 aliphatic carbocycles. The maximum absolute atomic E-state index is 15.4. The standard InChI is InChI=1S/C58H92O26/c1-23-42(80-47-38(68)32(62)26(60)21-75-47)36(66)40(70)48(77-23)81-43-28(20-59)78-49(41(71)37(43)67)83-45-33(63)27(61)22-76-51(45)84-52(74)58-17-15-53(2,3)19-25(58)24-9-10-30-55(6)13-12-31(79-50-39(69)34(64)35(65)44(82-50)46(72)73)54(4,5)29(55)11-14-57(30,8)56(24,7)16-18-58/h9,23,25-45,47-51,59-71H,10-22H2,1-8H3,(H,72,73)/t23-,25-,26+,27-,28+,29-,30+,31+,32-,33-,34-,35-,36-,37+,38+,39+,40+,41+,42-,43+,44-,45+,47-,48-,49-,50+,51-,55-,56+,57+,58-/m0/s1. The van der Waals surface area contributed by atoms with Crippen molar-refractivity contribution in [1.29, 1.82) is 0 Å². The molecule has 0 unspecified atom stereocenters. The van der Waals surface area contributed by atoms with Gasteiger partial charge in [0.15, 0.2) is 37.4 Å². The molecule has 0 amide bonds. The number of ether oxygens (including phenoxy) is 10. The van der Waals surface area contributed by atoms with Crippen LogP contribution in [0.25, 0.3) is 0 Å². The summed E-state index contributed by atoms with van der Waals surface area (Å²) >= 11 is 0. The molecule has 0 aromatic carbocycles. The highest BCUT2D eigenvalue weighted by molar-refractivity contribution is 5.79. The fourth-order valence-corrected chi connectivity index (χ4v) is 17.4. The van der Waals surface area contributed by atoms with Gasteiger partial charge in [0.2, 0.25) is 6.29 Å². The maximum Gasteiger partial charge on any atom is 0.335 e. The summed E-state index contributed by atoms with van der Waals surface area (Å²) in [6, 6.07) is 0. The number of fused-ring (bicyclic) bond motifs is 7. The van der Waals surface area contributed by atoms with Crippen molar-refractivity contribution >= 4 is 11.9 Å². The van der Waals surface area contributed by atoms with E-state index in [4.69, 9.17) is 47.4 Å². The van der Waals surface area contributed by atoms with Crippen LogP contribution < -0.4 is 0 Å². The van der Waals surface area contributed by atoms with Crippen LogP contribution >= 0.6 is 0 Å². The van der Waals surface area contributed by atoms with Gasteiger partial charge in [0.05, 0.1) is 37.4 Å². The van der Waals surface area contributed by atoms with Gasteiger partial charge in [-0.15, -0.1) is 0 Å². The molecule has 480 valence electrons. The second-order valence-electron chi connectivity index (χ2n) is 28.2. The molecule has 5 saturated heterocycles. The lowest BCUT2D eigenvalue weighted by molar-refractivity contribution is -0.383. The van der Waals surface area contributed by atoms with Gasteiger partial charge in [-0.3, -0.25) is 4.79 Å². The zero-order chi connectivity index (χ0) is 61.3. The van der Waals surface area contributed by atoms with E-state index >= 15 is 4.79 Å². The highest BCUT2D eigenvalue weighted by Crippen LogP contribution is 2.76. The minimum absolute atomic E-state index is 0.126. The van der Waals surface area contributed by atoms with Crippen molar-refractivity contribution in [3.8, 4) is 0 Å². The Hall–Kier alpha value is -2.20. The number of rotatable bonds is 12. The molecule has 0 radical (unpaired) electrons. The Bertz CT molecular complexity index is 2390. The lowest BCUT2D eigenvalue weighted by Crippen LogP contribution is -2.66. The normalized spacial score (nSPS) is 53.7. The van der Waals surface area contributed by atoms with E-state index in [0.717, 1.165) is 25.7 Å². The molecule has 26 heteroatoms. The van der Waals surface area contributed by atoms with Crippen LogP contribution in [0.5, 0.6) is 0 Å². The number of carbonyl (C=O) groups is 2. The van der Waals surface area contributed by atoms with E-state index in [1.807, 2.05) is 0 Å². The van der Waals surface area contributed by atoms with Gasteiger partial charge in [-0.1, -0.05) is 60.1 Å². The first-order chi connectivity index (χ1) is 39.3. The fraction of sp³-hybridized carbons (Fsp3) is 0.931. The van der Waals surface area contributed by atoms with Crippen LogP contribution in [-0.2, 0) is 57.0 Å². The van der Waals surface area contributed by atoms with Gasteiger partial charge in [0, 0.05) is 0 Å². The molecule has 5 heterocycles. The van der Waals surface area contributed by atoms with E-state index in [0.29, 0.717) is 38.5 Å². The summed E-state index contributed by atoms with van der Waals surface area (Å²) in [5.41, 5.74) is -1.29. The molecule has 10 rings (SSSR count). The Labute approximate surface area is 487 Å². The molecular weight excluding hydrogens is 1110 g/mol. The first kappa shape index (κ1) is 64.8. The van der Waals surface area contributed by atoms with Crippen molar-refractivity contribution in [1.82, 2.24) is 0 Å². The Morgan fingerprint density at radius 2 is 1.14 bits per heavy atom. The predicted molar refractivity (Wildman–Crippen MR) is 283 cm³/mol. The number of aliphatic hydroxyl groups is 13. The largest absolute Gasteiger partial charge is 0.479 e. The molecule has 0 aromatic heterocycles. The maximum atomic E-state index is 15.4. The number of carbonyl (C=O) groups excluding carboxylic acids is 1. The highest BCUT2D eigenvalue weighted by Gasteiger charge is 2.70. The average molecular weight is 1210 g/mol. The van der Waals surface area contributed by atoms with Crippen LogP contribution in [0, 0.1) is 50.2 Å².